The van der Waals surface area contributed by atoms with Crippen LogP contribution in [0.4, 0.5) is 0 Å². The molecule has 1 fully saturated rings. The fourth-order valence-corrected chi connectivity index (χ4v) is 11.0. The topological polar surface area (TPSA) is 152 Å². The van der Waals surface area contributed by atoms with Gasteiger partial charge in [0.2, 0.25) is 0 Å². The number of hydrogen-bond acceptors (Lipinski definition) is 10. The minimum atomic E-state index is -0.688. The minimum Gasteiger partial charge on any atom is -0.508 e. The summed E-state index contributed by atoms with van der Waals surface area (Å²) in [7, 11) is 3.06. The van der Waals surface area contributed by atoms with Crippen LogP contribution in [-0.4, -0.2) is 65.4 Å². The van der Waals surface area contributed by atoms with Crippen molar-refractivity contribution in [3.05, 3.63) is 130 Å². The highest BCUT2D eigenvalue weighted by Gasteiger charge is 2.58. The van der Waals surface area contributed by atoms with Crippen molar-refractivity contribution in [3.8, 4) is 28.7 Å². The number of carbonyl (C=O) groups excluding carboxylic acids is 2. The number of esters is 2. The lowest BCUT2D eigenvalue weighted by molar-refractivity contribution is -0.165. The van der Waals surface area contributed by atoms with Crippen LogP contribution in [0.5, 0.6) is 28.7 Å². The average molecular weight is 827 g/mol. The number of carbonyl (C=O) groups is 2. The molecule has 0 aromatic heterocycles. The van der Waals surface area contributed by atoms with Crippen LogP contribution in [0.1, 0.15) is 71.9 Å². The summed E-state index contributed by atoms with van der Waals surface area (Å²) in [6.45, 7) is 1.43. The first-order chi connectivity index (χ1) is 29.5. The Morgan fingerprint density at radius 2 is 1.51 bits per heavy atom. The van der Waals surface area contributed by atoms with Gasteiger partial charge in [-0.2, -0.15) is 0 Å². The first kappa shape index (κ1) is 41.7. The molecule has 8 rings (SSSR count). The molecule has 0 amide bonds. The van der Waals surface area contributed by atoms with E-state index in [9.17, 15) is 30.0 Å². The predicted octanol–water partition coefficient (Wildman–Crippen LogP) is 8.61. The fourth-order valence-electron chi connectivity index (χ4n) is 11.0. The monoisotopic (exact) mass is 826 g/mol. The second-order valence-electron chi connectivity index (χ2n) is 17.1. The zero-order valence-corrected chi connectivity index (χ0v) is 34.9. The summed E-state index contributed by atoms with van der Waals surface area (Å²) in [5.41, 5.74) is 5.01. The van der Waals surface area contributed by atoms with Crippen molar-refractivity contribution in [2.75, 3.05) is 20.8 Å². The van der Waals surface area contributed by atoms with E-state index in [4.69, 9.17) is 18.9 Å². The zero-order chi connectivity index (χ0) is 42.8. The number of aliphatic hydroxyl groups excluding tert-OH is 1. The lowest BCUT2D eigenvalue weighted by atomic mass is 9.47. The van der Waals surface area contributed by atoms with Gasteiger partial charge in [0, 0.05) is 31.3 Å². The summed E-state index contributed by atoms with van der Waals surface area (Å²) >= 11 is 0. The quantitative estimate of drug-likeness (QED) is 0.0953. The SMILES string of the molecule is COc1cc2c(cc1O)C[C@@]1(C=Cc3ccccc3)[C@@H]3[C@H](CCCO)Cc4cc(O)c(OC)cc4[C@@H]3C[C@H](OC(=O)Cc3ccc4cc(O)ccc4c3)C[C@H](OC(C)=O)[C@H]1C2. The van der Waals surface area contributed by atoms with Gasteiger partial charge in [-0.05, 0) is 137 Å². The molecule has 0 saturated heterocycles. The van der Waals surface area contributed by atoms with Crippen LogP contribution in [0.2, 0.25) is 0 Å². The maximum atomic E-state index is 14.1. The zero-order valence-electron chi connectivity index (χ0n) is 34.9. The molecule has 4 N–H and O–H groups in total. The highest BCUT2D eigenvalue weighted by Crippen LogP contribution is 2.62. The number of fused-ring (bicyclic) bond motifs is 7. The van der Waals surface area contributed by atoms with Crippen LogP contribution >= 0.6 is 0 Å². The summed E-state index contributed by atoms with van der Waals surface area (Å²) in [5.74, 6) is -0.611. The normalized spacial score (nSPS) is 24.3. The summed E-state index contributed by atoms with van der Waals surface area (Å²) < 4.78 is 24.3. The largest absolute Gasteiger partial charge is 0.508 e. The Bertz CT molecular complexity index is 2440. The van der Waals surface area contributed by atoms with Gasteiger partial charge in [0.25, 0.3) is 0 Å². The predicted molar refractivity (Wildman–Crippen MR) is 232 cm³/mol. The maximum Gasteiger partial charge on any atom is 0.310 e. The van der Waals surface area contributed by atoms with Gasteiger partial charge in [0.15, 0.2) is 23.0 Å². The van der Waals surface area contributed by atoms with Crippen LogP contribution in [0, 0.1) is 23.2 Å². The van der Waals surface area contributed by atoms with Crippen molar-refractivity contribution < 1.29 is 49.0 Å². The van der Waals surface area contributed by atoms with Crippen LogP contribution in [0.15, 0.2) is 97.1 Å². The van der Waals surface area contributed by atoms with Crippen molar-refractivity contribution in [2.45, 2.75) is 76.4 Å². The van der Waals surface area contributed by atoms with Crippen LogP contribution in [0.3, 0.4) is 0 Å². The molecule has 318 valence electrons. The van der Waals surface area contributed by atoms with Crippen LogP contribution in [-0.2, 0) is 44.7 Å². The smallest absolute Gasteiger partial charge is 0.310 e. The highest BCUT2D eigenvalue weighted by atomic mass is 16.6. The molecule has 61 heavy (non-hydrogen) atoms. The molecule has 7 atom stereocenters. The van der Waals surface area contributed by atoms with E-state index >= 15 is 0 Å². The molecule has 5 aromatic carbocycles. The molecule has 1 saturated carbocycles. The van der Waals surface area contributed by atoms with E-state index < -0.39 is 29.6 Å². The molecule has 0 unspecified atom stereocenters. The fraction of sp³-hybridized carbons (Fsp3) is 0.373. The van der Waals surface area contributed by atoms with Gasteiger partial charge in [-0.15, -0.1) is 0 Å². The van der Waals surface area contributed by atoms with Crippen LogP contribution in [0.25, 0.3) is 16.8 Å². The molecule has 10 nitrogen and oxygen atoms in total. The number of rotatable bonds is 11. The van der Waals surface area contributed by atoms with E-state index in [0.717, 1.165) is 44.2 Å². The number of phenolic OH excluding ortho intramolecular Hbond substituents is 3. The van der Waals surface area contributed by atoms with E-state index in [0.29, 0.717) is 50.0 Å². The number of phenols is 3. The van der Waals surface area contributed by atoms with Crippen LogP contribution < -0.4 is 9.47 Å². The molecule has 0 spiro atoms. The third-order valence-electron chi connectivity index (χ3n) is 13.4. The third kappa shape index (κ3) is 8.51. The summed E-state index contributed by atoms with van der Waals surface area (Å²) in [4.78, 5) is 27.4. The third-order valence-corrected chi connectivity index (χ3v) is 13.4. The molecule has 0 radical (unpaired) electrons. The highest BCUT2D eigenvalue weighted by molar-refractivity contribution is 5.85. The molecule has 0 aliphatic heterocycles. The lowest BCUT2D eigenvalue weighted by Gasteiger charge is -2.58. The Morgan fingerprint density at radius 1 is 0.787 bits per heavy atom. The van der Waals surface area contributed by atoms with E-state index in [1.54, 1.807) is 24.3 Å². The number of benzene rings is 5. The Kier molecular flexibility index (Phi) is 12.0. The van der Waals surface area contributed by atoms with E-state index in [1.165, 1.54) is 21.1 Å². The van der Waals surface area contributed by atoms with Crippen molar-refractivity contribution in [1.29, 1.82) is 0 Å². The van der Waals surface area contributed by atoms with Gasteiger partial charge < -0.3 is 39.4 Å². The first-order valence-corrected chi connectivity index (χ1v) is 21.2. The van der Waals surface area contributed by atoms with Crippen molar-refractivity contribution >= 4 is 28.8 Å². The number of hydrogen-bond donors (Lipinski definition) is 4. The molecule has 10 heteroatoms. The van der Waals surface area contributed by atoms with Gasteiger partial charge in [-0.3, -0.25) is 9.59 Å². The summed E-state index contributed by atoms with van der Waals surface area (Å²) in [5, 5.41) is 44.3. The Hall–Kier alpha value is -6.00. The molecule has 0 heterocycles. The summed E-state index contributed by atoms with van der Waals surface area (Å²) in [6, 6.07) is 28.3. The second-order valence-corrected chi connectivity index (χ2v) is 17.1. The molecule has 0 bridgehead atoms. The second kappa shape index (κ2) is 17.5. The standard InChI is InChI=1S/C51H54O10/c1-30(53)60-46-27-40(61-49(57)19-32-11-12-34-21-39(54)14-13-33(34)18-32)26-42-41-28-48(59-3)44(55)23-37(41)20-35(10-7-17-52)50(42)51(16-15-31-8-5-4-6-9-31)29-38-24-45(56)47(58-2)25-36(38)22-43(46)51/h4-6,8-9,11-16,18,21,23-25,28,35,40,42-43,46,50,52,54-56H,7,10,17,19-20,22,26-27,29H2,1-3H3/t35-,40+,42+,43-,46+,50-,51-/m1/s1. The molecule has 3 aliphatic carbocycles. The van der Waals surface area contributed by atoms with E-state index in [1.807, 2.05) is 54.6 Å². The van der Waals surface area contributed by atoms with E-state index in [-0.39, 0.29) is 60.4 Å². The summed E-state index contributed by atoms with van der Waals surface area (Å²) in [6.07, 6.45) is 6.63. The average Bonchev–Trinajstić information content (AvgIpc) is 3.23. The number of allylic oxidation sites excluding steroid dienone is 1. The molecule has 3 aliphatic rings. The van der Waals surface area contributed by atoms with Crippen molar-refractivity contribution in [2.24, 2.45) is 23.2 Å². The molecular weight excluding hydrogens is 773 g/mol. The number of methoxy groups -OCH3 is 2. The lowest BCUT2D eigenvalue weighted by Crippen LogP contribution is -2.56. The molecular formula is C51H54O10. The Labute approximate surface area is 356 Å². The first-order valence-electron chi connectivity index (χ1n) is 21.2. The Balaban J connectivity index is 1.31. The minimum absolute atomic E-state index is 0.00757. The van der Waals surface area contributed by atoms with Gasteiger partial charge >= 0.3 is 11.9 Å². The number of aliphatic hydroxyl groups is 1. The van der Waals surface area contributed by atoms with Gasteiger partial charge in [0.1, 0.15) is 18.0 Å². The maximum absolute atomic E-state index is 14.1. The van der Waals surface area contributed by atoms with Gasteiger partial charge in [-0.25, -0.2) is 0 Å². The molecule has 5 aromatic rings. The Morgan fingerprint density at radius 3 is 2.25 bits per heavy atom. The van der Waals surface area contributed by atoms with Gasteiger partial charge in [-0.1, -0.05) is 66.7 Å². The van der Waals surface area contributed by atoms with E-state index in [2.05, 4.69) is 24.3 Å². The van der Waals surface area contributed by atoms with Crippen molar-refractivity contribution in [3.63, 3.8) is 0 Å². The number of ether oxygens (including phenoxy) is 4. The number of aromatic hydroxyl groups is 3. The van der Waals surface area contributed by atoms with Gasteiger partial charge in [0.05, 0.1) is 20.6 Å². The van der Waals surface area contributed by atoms with Crippen molar-refractivity contribution in [1.82, 2.24) is 0 Å².